The summed E-state index contributed by atoms with van der Waals surface area (Å²) in [4.78, 5) is 45.3. The van der Waals surface area contributed by atoms with Crippen LogP contribution in [0, 0.1) is 25.5 Å². The molecule has 11 heteroatoms. The molecule has 0 radical (unpaired) electrons. The summed E-state index contributed by atoms with van der Waals surface area (Å²) in [5.74, 6) is -2.87. The first-order valence-electron chi connectivity index (χ1n) is 14.4. The molecule has 0 unspecified atom stereocenters. The van der Waals surface area contributed by atoms with Crippen LogP contribution in [0.5, 0.6) is 5.75 Å². The Balaban J connectivity index is 1.43. The van der Waals surface area contributed by atoms with Gasteiger partial charge in [0.05, 0.1) is 31.6 Å². The van der Waals surface area contributed by atoms with E-state index in [1.807, 2.05) is 25.7 Å². The number of hydrogen-bond donors (Lipinski definition) is 1. The molecule has 1 fully saturated rings. The Labute approximate surface area is 248 Å². The van der Waals surface area contributed by atoms with Crippen LogP contribution in [0.1, 0.15) is 53.1 Å². The molecule has 3 heterocycles. The zero-order valence-corrected chi connectivity index (χ0v) is 25.1. The number of ketones is 1. The fourth-order valence-electron chi connectivity index (χ4n) is 5.73. The third-order valence-corrected chi connectivity index (χ3v) is 8.42. The summed E-state index contributed by atoms with van der Waals surface area (Å²) < 4.78 is 43.3. The number of rotatable bonds is 7. The highest BCUT2D eigenvalue weighted by Crippen LogP contribution is 2.37. The summed E-state index contributed by atoms with van der Waals surface area (Å²) in [6, 6.07) is 4.68. The van der Waals surface area contributed by atoms with Crippen molar-refractivity contribution in [2.24, 2.45) is 7.05 Å². The molecule has 1 N–H and O–H groups in total. The monoisotopic (exact) mass is 594 g/mol. The molecule has 1 saturated heterocycles. The van der Waals surface area contributed by atoms with Gasteiger partial charge in [0, 0.05) is 43.0 Å². The average Bonchev–Trinajstić information content (AvgIpc) is 2.97. The maximum absolute atomic E-state index is 15.2. The van der Waals surface area contributed by atoms with Crippen molar-refractivity contribution in [1.82, 2.24) is 14.9 Å². The lowest BCUT2D eigenvalue weighted by Gasteiger charge is -2.35. The second-order valence-electron chi connectivity index (χ2n) is 11.3. The van der Waals surface area contributed by atoms with Gasteiger partial charge in [0.15, 0.2) is 5.78 Å². The van der Waals surface area contributed by atoms with Crippen LogP contribution in [-0.4, -0.2) is 59.7 Å². The van der Waals surface area contributed by atoms with Gasteiger partial charge in [0.25, 0.3) is 11.5 Å². The first-order valence-corrected chi connectivity index (χ1v) is 14.4. The van der Waals surface area contributed by atoms with Gasteiger partial charge >= 0.3 is 0 Å². The molecule has 0 bridgehead atoms. The van der Waals surface area contributed by atoms with E-state index in [0.29, 0.717) is 49.8 Å². The zero-order chi connectivity index (χ0) is 31.0. The Hall–Kier alpha value is -4.12. The number of nitrogens with zero attached hydrogens (tertiary/aromatic N) is 3. The van der Waals surface area contributed by atoms with Crippen molar-refractivity contribution in [2.45, 2.75) is 59.0 Å². The van der Waals surface area contributed by atoms with Crippen LogP contribution in [0.2, 0.25) is 0 Å². The van der Waals surface area contributed by atoms with E-state index in [4.69, 9.17) is 9.47 Å². The predicted molar refractivity (Wildman–Crippen MR) is 158 cm³/mol. The van der Waals surface area contributed by atoms with E-state index >= 15 is 8.78 Å². The van der Waals surface area contributed by atoms with Crippen LogP contribution < -0.4 is 20.5 Å². The number of carbonyl (C=O) groups excluding carboxylic acids is 2. The van der Waals surface area contributed by atoms with Crippen molar-refractivity contribution in [1.29, 1.82) is 0 Å². The standard InChI is InChI=1S/C32H36F2N4O5/c1-17-16-42-12-10-38(17)22-14-25(33)28(26(34)15-22)31(40)36-27(20(4)39)13-21-8-9-24(30-23(21)7-6-11-43-30)29-32(41)37(5)19(3)18(2)35-29/h8-9,14-15,17,27H,6-7,10-13,16H2,1-5H3,(H,36,40)/t17-,27-/m0/s1. The number of anilines is 1. The number of halogens is 2. The van der Waals surface area contributed by atoms with E-state index in [1.165, 1.54) is 6.92 Å². The van der Waals surface area contributed by atoms with E-state index in [9.17, 15) is 14.4 Å². The van der Waals surface area contributed by atoms with Gasteiger partial charge in [-0.25, -0.2) is 13.8 Å². The molecule has 2 aliphatic rings. The molecule has 0 spiro atoms. The summed E-state index contributed by atoms with van der Waals surface area (Å²) >= 11 is 0. The lowest BCUT2D eigenvalue weighted by molar-refractivity contribution is -0.118. The van der Waals surface area contributed by atoms with Crippen molar-refractivity contribution < 1.29 is 27.8 Å². The molecular weight excluding hydrogens is 558 g/mol. The van der Waals surface area contributed by atoms with Gasteiger partial charge in [0.2, 0.25) is 0 Å². The molecule has 2 aliphatic heterocycles. The van der Waals surface area contributed by atoms with Crippen LogP contribution in [0.3, 0.4) is 0 Å². The smallest absolute Gasteiger partial charge is 0.277 e. The van der Waals surface area contributed by atoms with Crippen LogP contribution in [0.15, 0.2) is 29.1 Å². The van der Waals surface area contributed by atoms with Crippen LogP contribution >= 0.6 is 0 Å². The number of Topliss-reactive ketones (excluding diaryl/α,β-unsaturated/α-hetero) is 1. The van der Waals surface area contributed by atoms with Gasteiger partial charge in [0.1, 0.15) is 28.6 Å². The minimum Gasteiger partial charge on any atom is -0.493 e. The van der Waals surface area contributed by atoms with E-state index in [1.54, 1.807) is 23.7 Å². The lowest BCUT2D eigenvalue weighted by Crippen LogP contribution is -2.44. The van der Waals surface area contributed by atoms with Crippen LogP contribution in [-0.2, 0) is 29.4 Å². The zero-order valence-electron chi connectivity index (χ0n) is 25.1. The third kappa shape index (κ3) is 5.90. The van der Waals surface area contributed by atoms with Gasteiger partial charge in [-0.1, -0.05) is 6.07 Å². The lowest BCUT2D eigenvalue weighted by atomic mass is 9.91. The minimum absolute atomic E-state index is 0.0792. The highest BCUT2D eigenvalue weighted by Gasteiger charge is 2.29. The quantitative estimate of drug-likeness (QED) is 0.444. The number of aromatic nitrogens is 2. The molecule has 9 nitrogen and oxygen atoms in total. The molecule has 1 amide bonds. The average molecular weight is 595 g/mol. The Morgan fingerprint density at radius 2 is 1.88 bits per heavy atom. The van der Waals surface area contributed by atoms with E-state index in [-0.39, 0.29) is 29.5 Å². The predicted octanol–water partition coefficient (Wildman–Crippen LogP) is 3.82. The highest BCUT2D eigenvalue weighted by molar-refractivity contribution is 5.98. The van der Waals surface area contributed by atoms with Gasteiger partial charge < -0.3 is 24.3 Å². The van der Waals surface area contributed by atoms with Gasteiger partial charge in [-0.05, 0) is 69.9 Å². The molecule has 3 aromatic rings. The molecule has 2 aromatic carbocycles. The topological polar surface area (TPSA) is 103 Å². The van der Waals surface area contributed by atoms with Crippen molar-refractivity contribution in [2.75, 3.05) is 31.3 Å². The van der Waals surface area contributed by atoms with E-state index in [0.717, 1.165) is 41.1 Å². The number of nitrogens with one attached hydrogen (secondary N) is 1. The van der Waals surface area contributed by atoms with Crippen molar-refractivity contribution >= 4 is 17.4 Å². The van der Waals surface area contributed by atoms with E-state index < -0.39 is 29.1 Å². The van der Waals surface area contributed by atoms with Gasteiger partial charge in [-0.3, -0.25) is 14.4 Å². The van der Waals surface area contributed by atoms with Crippen molar-refractivity contribution in [3.8, 4) is 17.0 Å². The van der Waals surface area contributed by atoms with Crippen molar-refractivity contribution in [3.05, 3.63) is 74.3 Å². The first-order chi connectivity index (χ1) is 20.5. The van der Waals surface area contributed by atoms with Gasteiger partial charge in [-0.2, -0.15) is 0 Å². The number of aryl methyl sites for hydroxylation is 1. The number of carbonyl (C=O) groups is 2. The number of benzene rings is 2. The molecule has 43 heavy (non-hydrogen) atoms. The number of amides is 1. The Bertz CT molecular complexity index is 1630. The molecule has 5 rings (SSSR count). The summed E-state index contributed by atoms with van der Waals surface area (Å²) in [5.41, 5.74) is 3.19. The Morgan fingerprint density at radius 3 is 2.56 bits per heavy atom. The first kappa shape index (κ1) is 30.3. The summed E-state index contributed by atoms with van der Waals surface area (Å²) in [6.07, 6.45) is 1.44. The fraction of sp³-hybridized carbons (Fsp3) is 0.438. The van der Waals surface area contributed by atoms with Crippen LogP contribution in [0.25, 0.3) is 11.3 Å². The molecule has 228 valence electrons. The molecule has 1 aromatic heterocycles. The normalized spacial score (nSPS) is 17.2. The van der Waals surface area contributed by atoms with Gasteiger partial charge in [-0.15, -0.1) is 0 Å². The van der Waals surface area contributed by atoms with E-state index in [2.05, 4.69) is 10.3 Å². The second-order valence-corrected chi connectivity index (χ2v) is 11.3. The van der Waals surface area contributed by atoms with Crippen molar-refractivity contribution in [3.63, 3.8) is 0 Å². The number of ether oxygens (including phenoxy) is 2. The maximum Gasteiger partial charge on any atom is 0.277 e. The third-order valence-electron chi connectivity index (χ3n) is 8.42. The second kappa shape index (κ2) is 12.2. The van der Waals surface area contributed by atoms with Crippen LogP contribution in [0.4, 0.5) is 14.5 Å². The Kier molecular flexibility index (Phi) is 8.64. The number of fused-ring (bicyclic) bond motifs is 1. The summed E-state index contributed by atoms with van der Waals surface area (Å²) in [5, 5.41) is 2.55. The fourth-order valence-corrected chi connectivity index (χ4v) is 5.73. The SMILES string of the molecule is CC(=O)[C@H](Cc1ccc(-c2nc(C)c(C)n(C)c2=O)c2c1CCCO2)NC(=O)c1c(F)cc(N2CCOC[C@@H]2C)cc1F. The highest BCUT2D eigenvalue weighted by atomic mass is 19.1. The molecular formula is C32H36F2N4O5. The molecule has 0 saturated carbocycles. The molecule has 2 atom stereocenters. The largest absolute Gasteiger partial charge is 0.493 e. The molecule has 0 aliphatic carbocycles. The minimum atomic E-state index is -1.05. The Morgan fingerprint density at radius 1 is 1.16 bits per heavy atom. The summed E-state index contributed by atoms with van der Waals surface area (Å²) in [6.45, 7) is 8.67. The maximum atomic E-state index is 15.2. The number of morpholine rings is 1. The summed E-state index contributed by atoms with van der Waals surface area (Å²) in [7, 11) is 1.69. The number of hydrogen-bond acceptors (Lipinski definition) is 7.